The second kappa shape index (κ2) is 10.6. The molecule has 0 aliphatic rings. The zero-order valence-electron chi connectivity index (χ0n) is 17.0. The first-order valence-electron chi connectivity index (χ1n) is 9.78. The highest BCUT2D eigenvalue weighted by atomic mass is 32.1. The van der Waals surface area contributed by atoms with Gasteiger partial charge in [0, 0.05) is 0 Å². The van der Waals surface area contributed by atoms with E-state index in [1.54, 1.807) is 11.5 Å². The summed E-state index contributed by atoms with van der Waals surface area (Å²) in [7, 11) is 0. The Morgan fingerprint density at radius 1 is 1.00 bits per heavy atom. The van der Waals surface area contributed by atoms with Crippen LogP contribution in [0.1, 0.15) is 20.3 Å². The van der Waals surface area contributed by atoms with E-state index in [-0.39, 0.29) is 38.1 Å². The van der Waals surface area contributed by atoms with Crippen molar-refractivity contribution in [3.63, 3.8) is 0 Å². The van der Waals surface area contributed by atoms with Crippen LogP contribution in [0.15, 0.2) is 53.5 Å². The molecular formula is C22H24N2O5S. The molecule has 0 aliphatic heterocycles. The van der Waals surface area contributed by atoms with Crippen LogP contribution in [-0.4, -0.2) is 36.3 Å². The van der Waals surface area contributed by atoms with Crippen LogP contribution in [0.25, 0.3) is 10.2 Å². The van der Waals surface area contributed by atoms with Crippen molar-refractivity contribution in [1.82, 2.24) is 4.57 Å². The van der Waals surface area contributed by atoms with E-state index in [1.165, 1.54) is 11.3 Å². The quantitative estimate of drug-likeness (QED) is 0.487. The summed E-state index contributed by atoms with van der Waals surface area (Å²) in [4.78, 5) is 29.2. The minimum absolute atomic E-state index is 0.0194. The van der Waals surface area contributed by atoms with Gasteiger partial charge in [-0.25, -0.2) is 0 Å². The number of benzene rings is 2. The molecule has 3 rings (SSSR count). The first-order chi connectivity index (χ1) is 14.6. The number of esters is 1. The summed E-state index contributed by atoms with van der Waals surface area (Å²) in [6.07, 6.45) is 0.132. The lowest BCUT2D eigenvalue weighted by atomic mass is 10.3. The predicted octanol–water partition coefficient (Wildman–Crippen LogP) is 3.56. The Morgan fingerprint density at radius 2 is 1.80 bits per heavy atom. The highest BCUT2D eigenvalue weighted by molar-refractivity contribution is 7.16. The third-order valence-corrected chi connectivity index (χ3v) is 5.15. The van der Waals surface area contributed by atoms with Crippen LogP contribution < -0.4 is 14.3 Å². The van der Waals surface area contributed by atoms with Crippen molar-refractivity contribution >= 4 is 33.4 Å². The minimum Gasteiger partial charge on any atom is -0.494 e. The highest BCUT2D eigenvalue weighted by Gasteiger charge is 2.13. The molecule has 0 bridgehead atoms. The third-order valence-electron chi connectivity index (χ3n) is 4.11. The molecule has 0 spiro atoms. The maximum Gasteiger partial charge on any atom is 0.326 e. The van der Waals surface area contributed by atoms with E-state index >= 15 is 0 Å². The third kappa shape index (κ3) is 5.70. The summed E-state index contributed by atoms with van der Waals surface area (Å²) in [6.45, 7) is 4.72. The van der Waals surface area contributed by atoms with Gasteiger partial charge in [-0.2, -0.15) is 4.99 Å². The Hall–Kier alpha value is -3.13. The van der Waals surface area contributed by atoms with Gasteiger partial charge in [0.05, 0.1) is 36.5 Å². The molecule has 0 saturated carbocycles. The van der Waals surface area contributed by atoms with Crippen molar-refractivity contribution in [2.75, 3.05) is 19.8 Å². The highest BCUT2D eigenvalue weighted by Crippen LogP contribution is 2.23. The molecule has 1 aromatic heterocycles. The van der Waals surface area contributed by atoms with Crippen molar-refractivity contribution in [3.05, 3.63) is 53.3 Å². The molecule has 0 radical (unpaired) electrons. The van der Waals surface area contributed by atoms with Crippen molar-refractivity contribution in [1.29, 1.82) is 0 Å². The molecule has 1 amide bonds. The Morgan fingerprint density at radius 3 is 2.53 bits per heavy atom. The Bertz CT molecular complexity index is 1070. The van der Waals surface area contributed by atoms with Crippen LogP contribution in [0.3, 0.4) is 0 Å². The number of hydrogen-bond acceptors (Lipinski definition) is 6. The van der Waals surface area contributed by atoms with Crippen molar-refractivity contribution in [2.45, 2.75) is 26.8 Å². The number of rotatable bonds is 9. The Balaban J connectivity index is 1.83. The normalized spacial score (nSPS) is 11.5. The van der Waals surface area contributed by atoms with E-state index < -0.39 is 0 Å². The number of carbonyl (C=O) groups is 2. The van der Waals surface area contributed by atoms with Gasteiger partial charge in [0.25, 0.3) is 5.91 Å². The van der Waals surface area contributed by atoms with E-state index in [0.29, 0.717) is 17.2 Å². The molecule has 8 heteroatoms. The SMILES string of the molecule is CCOC(=O)Cn1c(=NC(=O)CCOc2ccccc2)sc2cc(OCC)ccc21. The zero-order valence-corrected chi connectivity index (χ0v) is 17.8. The molecule has 30 heavy (non-hydrogen) atoms. The topological polar surface area (TPSA) is 79.1 Å². The van der Waals surface area contributed by atoms with Crippen LogP contribution in [0.5, 0.6) is 11.5 Å². The van der Waals surface area contributed by atoms with E-state index in [0.717, 1.165) is 16.0 Å². The number of para-hydroxylation sites is 1. The van der Waals surface area contributed by atoms with Gasteiger partial charge < -0.3 is 18.8 Å². The van der Waals surface area contributed by atoms with Gasteiger partial charge in [-0.15, -0.1) is 0 Å². The summed E-state index contributed by atoms with van der Waals surface area (Å²) in [5.74, 6) is 0.726. The van der Waals surface area contributed by atoms with E-state index in [9.17, 15) is 9.59 Å². The predicted molar refractivity (Wildman–Crippen MR) is 115 cm³/mol. The summed E-state index contributed by atoms with van der Waals surface area (Å²) in [5.41, 5.74) is 0.795. The van der Waals surface area contributed by atoms with Crippen LogP contribution in [0.4, 0.5) is 0 Å². The zero-order chi connectivity index (χ0) is 21.3. The number of thiazole rings is 1. The Kier molecular flexibility index (Phi) is 7.62. The lowest BCUT2D eigenvalue weighted by Crippen LogP contribution is -2.23. The molecule has 0 saturated heterocycles. The lowest BCUT2D eigenvalue weighted by Gasteiger charge is -2.06. The number of aromatic nitrogens is 1. The number of carbonyl (C=O) groups excluding carboxylic acids is 2. The van der Waals surface area contributed by atoms with Gasteiger partial charge in [0.15, 0.2) is 4.80 Å². The molecule has 0 N–H and O–H groups in total. The van der Waals surface area contributed by atoms with Gasteiger partial charge in [0.2, 0.25) is 0 Å². The minimum atomic E-state index is -0.382. The number of hydrogen-bond donors (Lipinski definition) is 0. The molecule has 1 heterocycles. The van der Waals surface area contributed by atoms with Crippen molar-refractivity contribution in [2.24, 2.45) is 4.99 Å². The fraction of sp³-hybridized carbons (Fsp3) is 0.318. The number of fused-ring (bicyclic) bond motifs is 1. The molecular weight excluding hydrogens is 404 g/mol. The molecule has 0 unspecified atom stereocenters. The molecule has 2 aromatic carbocycles. The van der Waals surface area contributed by atoms with Crippen molar-refractivity contribution in [3.8, 4) is 11.5 Å². The molecule has 0 fully saturated rings. The monoisotopic (exact) mass is 428 g/mol. The summed E-state index contributed by atoms with van der Waals surface area (Å²) in [5, 5.41) is 0. The summed E-state index contributed by atoms with van der Waals surface area (Å²) in [6, 6.07) is 14.9. The van der Waals surface area contributed by atoms with Crippen LogP contribution in [-0.2, 0) is 20.9 Å². The first kappa shape index (κ1) is 21.6. The van der Waals surface area contributed by atoms with Crippen molar-refractivity contribution < 1.29 is 23.8 Å². The number of amides is 1. The second-order valence-electron chi connectivity index (χ2n) is 6.26. The standard InChI is InChI=1S/C22H24N2O5S/c1-3-27-17-10-11-18-19(14-17)30-22(24(18)15-21(26)28-4-2)23-20(25)12-13-29-16-8-6-5-7-9-16/h5-11,14H,3-4,12-13,15H2,1-2H3. The van der Waals surface area contributed by atoms with Crippen LogP contribution >= 0.6 is 11.3 Å². The maximum atomic E-state index is 12.4. The second-order valence-corrected chi connectivity index (χ2v) is 7.26. The van der Waals surface area contributed by atoms with Crippen LogP contribution in [0, 0.1) is 0 Å². The largest absolute Gasteiger partial charge is 0.494 e. The van der Waals surface area contributed by atoms with Gasteiger partial charge in [0.1, 0.15) is 18.0 Å². The van der Waals surface area contributed by atoms with Gasteiger partial charge in [-0.1, -0.05) is 29.5 Å². The number of ether oxygens (including phenoxy) is 3. The summed E-state index contributed by atoms with van der Waals surface area (Å²) >= 11 is 1.33. The van der Waals surface area contributed by atoms with E-state index in [1.807, 2.05) is 55.5 Å². The average molecular weight is 429 g/mol. The molecule has 7 nitrogen and oxygen atoms in total. The van der Waals surface area contributed by atoms with Gasteiger partial charge in [-0.3, -0.25) is 9.59 Å². The van der Waals surface area contributed by atoms with Crippen LogP contribution in [0.2, 0.25) is 0 Å². The summed E-state index contributed by atoms with van der Waals surface area (Å²) < 4.78 is 18.8. The molecule has 158 valence electrons. The van der Waals surface area contributed by atoms with Gasteiger partial charge in [-0.05, 0) is 44.2 Å². The smallest absolute Gasteiger partial charge is 0.326 e. The first-order valence-corrected chi connectivity index (χ1v) is 10.6. The van der Waals surface area contributed by atoms with E-state index in [2.05, 4.69) is 4.99 Å². The maximum absolute atomic E-state index is 12.4. The average Bonchev–Trinajstić information content (AvgIpc) is 3.05. The lowest BCUT2D eigenvalue weighted by molar-refractivity contribution is -0.143. The number of nitrogens with zero attached hydrogens (tertiary/aromatic N) is 2. The van der Waals surface area contributed by atoms with E-state index in [4.69, 9.17) is 14.2 Å². The molecule has 3 aromatic rings. The molecule has 0 atom stereocenters. The van der Waals surface area contributed by atoms with Gasteiger partial charge >= 0.3 is 5.97 Å². The molecule has 0 aliphatic carbocycles. The fourth-order valence-corrected chi connectivity index (χ4v) is 3.89. The fourth-order valence-electron chi connectivity index (χ4n) is 2.82. The Labute approximate surface area is 178 Å².